The van der Waals surface area contributed by atoms with E-state index in [1.807, 2.05) is 12.1 Å². The molecule has 160 valence electrons. The van der Waals surface area contributed by atoms with Crippen molar-refractivity contribution in [1.82, 2.24) is 10.2 Å². The number of halogens is 2. The predicted octanol–water partition coefficient (Wildman–Crippen LogP) is 5.64. The Kier molecular flexibility index (Phi) is 11.4. The molecule has 0 bridgehead atoms. The van der Waals surface area contributed by atoms with E-state index in [1.54, 1.807) is 0 Å². The molecule has 29 heavy (non-hydrogen) atoms. The molecule has 1 N–H and O–H groups in total. The number of aryl methyl sites for hydroxylation is 2. The number of rotatable bonds is 8. The Bertz CT molecular complexity index is 723. The number of piperazine rings is 1. The minimum Gasteiger partial charge on any atom is -0.488 e. The van der Waals surface area contributed by atoms with Gasteiger partial charge >= 0.3 is 0 Å². The summed E-state index contributed by atoms with van der Waals surface area (Å²) in [6.45, 7) is 13.2. The fourth-order valence-electron chi connectivity index (χ4n) is 3.96. The number of hydrogen-bond acceptors (Lipinski definition) is 3. The molecule has 2 aromatic carbocycles. The van der Waals surface area contributed by atoms with Gasteiger partial charge in [-0.1, -0.05) is 48.5 Å². The third-order valence-electron chi connectivity index (χ3n) is 5.33. The second kappa shape index (κ2) is 12.9. The van der Waals surface area contributed by atoms with Crippen LogP contribution in [0.15, 0.2) is 55.1 Å². The van der Waals surface area contributed by atoms with Crippen LogP contribution in [0.25, 0.3) is 0 Å². The van der Waals surface area contributed by atoms with Crippen LogP contribution in [0.2, 0.25) is 0 Å². The van der Waals surface area contributed by atoms with E-state index in [1.165, 1.54) is 22.3 Å². The summed E-state index contributed by atoms with van der Waals surface area (Å²) in [6.07, 6.45) is 4.19. The molecule has 0 amide bonds. The van der Waals surface area contributed by atoms with Crippen LogP contribution in [0.5, 0.6) is 5.75 Å². The van der Waals surface area contributed by atoms with Crippen molar-refractivity contribution in [2.75, 3.05) is 26.2 Å². The number of ether oxygens (including phenoxy) is 1. The molecule has 1 heterocycles. The van der Waals surface area contributed by atoms with E-state index in [0.29, 0.717) is 12.6 Å². The van der Waals surface area contributed by atoms with Crippen molar-refractivity contribution in [3.05, 3.63) is 77.4 Å². The maximum absolute atomic E-state index is 6.18. The summed E-state index contributed by atoms with van der Waals surface area (Å²) >= 11 is 0. The van der Waals surface area contributed by atoms with Crippen LogP contribution in [-0.4, -0.2) is 31.1 Å². The van der Waals surface area contributed by atoms with E-state index in [-0.39, 0.29) is 24.8 Å². The summed E-state index contributed by atoms with van der Waals surface area (Å²) in [5.74, 6) is 1.02. The molecule has 1 aliphatic heterocycles. The molecule has 0 unspecified atom stereocenters. The van der Waals surface area contributed by atoms with Gasteiger partial charge in [0.15, 0.2) is 0 Å². The first-order valence-corrected chi connectivity index (χ1v) is 10.0. The highest BCUT2D eigenvalue weighted by Crippen LogP contribution is 2.33. The third kappa shape index (κ3) is 7.04. The number of nitrogens with one attached hydrogen (secondary N) is 1. The van der Waals surface area contributed by atoms with E-state index in [4.69, 9.17) is 4.74 Å². The zero-order valence-corrected chi connectivity index (χ0v) is 19.2. The van der Waals surface area contributed by atoms with Gasteiger partial charge in [0.1, 0.15) is 12.4 Å². The van der Waals surface area contributed by atoms with Gasteiger partial charge in [-0.15, -0.1) is 31.4 Å². The van der Waals surface area contributed by atoms with Crippen molar-refractivity contribution in [2.24, 2.45) is 0 Å². The Morgan fingerprint density at radius 1 is 1.07 bits per heavy atom. The van der Waals surface area contributed by atoms with Crippen molar-refractivity contribution in [3.63, 3.8) is 0 Å². The van der Waals surface area contributed by atoms with Crippen LogP contribution in [0.1, 0.15) is 41.1 Å². The number of allylic oxidation sites excluding steroid dienone is 1. The summed E-state index contributed by atoms with van der Waals surface area (Å²) in [4.78, 5) is 2.61. The highest BCUT2D eigenvalue weighted by Gasteiger charge is 2.23. The Morgan fingerprint density at radius 3 is 2.28 bits per heavy atom. The smallest absolute Gasteiger partial charge is 0.125 e. The molecule has 1 saturated heterocycles. The minimum atomic E-state index is 0. The van der Waals surface area contributed by atoms with Crippen LogP contribution < -0.4 is 10.1 Å². The molecular weight excluding hydrogens is 403 g/mol. The lowest BCUT2D eigenvalue weighted by Gasteiger charge is -2.35. The molecule has 0 aliphatic carbocycles. The fraction of sp³-hybridized carbons (Fsp3) is 0.417. The molecule has 0 aromatic heterocycles. The van der Waals surface area contributed by atoms with Gasteiger partial charge in [0.25, 0.3) is 0 Å². The molecule has 5 heteroatoms. The Balaban J connectivity index is 0.00000210. The van der Waals surface area contributed by atoms with Crippen LogP contribution in [0.4, 0.5) is 0 Å². The highest BCUT2D eigenvalue weighted by molar-refractivity contribution is 5.85. The van der Waals surface area contributed by atoms with Gasteiger partial charge in [0, 0.05) is 32.2 Å². The largest absolute Gasteiger partial charge is 0.488 e. The zero-order valence-electron chi connectivity index (χ0n) is 17.5. The number of benzene rings is 2. The summed E-state index contributed by atoms with van der Waals surface area (Å²) < 4.78 is 6.18. The van der Waals surface area contributed by atoms with Crippen molar-refractivity contribution < 1.29 is 4.74 Å². The molecule has 1 fully saturated rings. The average molecular weight is 437 g/mol. The van der Waals surface area contributed by atoms with Crippen molar-refractivity contribution in [3.8, 4) is 5.75 Å². The van der Waals surface area contributed by atoms with Crippen molar-refractivity contribution >= 4 is 24.8 Å². The predicted molar refractivity (Wildman–Crippen MR) is 128 cm³/mol. The second-order valence-corrected chi connectivity index (χ2v) is 7.43. The van der Waals surface area contributed by atoms with Crippen LogP contribution in [0.3, 0.4) is 0 Å². The summed E-state index contributed by atoms with van der Waals surface area (Å²) in [6, 6.07) is 15.5. The lowest BCUT2D eigenvalue weighted by atomic mass is 9.95. The molecule has 0 saturated carbocycles. The Labute approximate surface area is 188 Å². The van der Waals surface area contributed by atoms with E-state index in [0.717, 1.165) is 44.8 Å². The molecule has 2 aromatic rings. The van der Waals surface area contributed by atoms with Crippen LogP contribution >= 0.6 is 24.8 Å². The second-order valence-electron chi connectivity index (χ2n) is 7.43. The minimum absolute atomic E-state index is 0. The van der Waals surface area contributed by atoms with Crippen LogP contribution in [0, 0.1) is 13.8 Å². The third-order valence-corrected chi connectivity index (χ3v) is 5.33. The molecule has 3 rings (SSSR count). The SMILES string of the molecule is C=CCC[C@H](c1cc(C)c(OCc2ccccc2)c(C)c1)N1CCNCC1.Cl.Cl. The lowest BCUT2D eigenvalue weighted by Crippen LogP contribution is -2.45. The van der Waals surface area contributed by atoms with Gasteiger partial charge in [0.05, 0.1) is 0 Å². The Morgan fingerprint density at radius 2 is 1.69 bits per heavy atom. The number of hydrogen-bond donors (Lipinski definition) is 1. The standard InChI is InChI=1S/C24H32N2O.2ClH/c1-4-5-11-23(26-14-12-25-13-15-26)22-16-19(2)24(20(3)17-22)27-18-21-9-7-6-8-10-21;;/h4,6-10,16-17,23,25H,1,5,11-15,18H2,2-3H3;2*1H/t23-;;/m1../s1. The van der Waals surface area contributed by atoms with Gasteiger partial charge in [-0.2, -0.15) is 0 Å². The van der Waals surface area contributed by atoms with Gasteiger partial charge in [-0.05, 0) is 48.9 Å². The van der Waals surface area contributed by atoms with Gasteiger partial charge < -0.3 is 10.1 Å². The van der Waals surface area contributed by atoms with Gasteiger partial charge in [-0.25, -0.2) is 0 Å². The summed E-state index contributed by atoms with van der Waals surface area (Å²) in [5, 5.41) is 3.46. The highest BCUT2D eigenvalue weighted by atomic mass is 35.5. The summed E-state index contributed by atoms with van der Waals surface area (Å²) in [7, 11) is 0. The van der Waals surface area contributed by atoms with Crippen molar-refractivity contribution in [1.29, 1.82) is 0 Å². The zero-order chi connectivity index (χ0) is 19.1. The van der Waals surface area contributed by atoms with Crippen molar-refractivity contribution in [2.45, 2.75) is 39.3 Å². The molecule has 3 nitrogen and oxygen atoms in total. The van der Waals surface area contributed by atoms with E-state index in [9.17, 15) is 0 Å². The monoisotopic (exact) mass is 436 g/mol. The van der Waals surface area contributed by atoms with E-state index >= 15 is 0 Å². The molecule has 1 atom stereocenters. The van der Waals surface area contributed by atoms with Gasteiger partial charge in [0.2, 0.25) is 0 Å². The summed E-state index contributed by atoms with van der Waals surface area (Å²) in [5.41, 5.74) is 5.05. The van der Waals surface area contributed by atoms with Gasteiger partial charge in [-0.3, -0.25) is 4.90 Å². The lowest BCUT2D eigenvalue weighted by molar-refractivity contribution is 0.166. The first kappa shape index (κ1) is 25.5. The van der Waals surface area contributed by atoms with E-state index < -0.39 is 0 Å². The maximum atomic E-state index is 6.18. The normalized spacial score (nSPS) is 15.0. The molecular formula is C24H34Cl2N2O. The molecule has 0 spiro atoms. The molecule has 1 aliphatic rings. The topological polar surface area (TPSA) is 24.5 Å². The fourth-order valence-corrected chi connectivity index (χ4v) is 3.96. The van der Waals surface area contributed by atoms with E-state index in [2.05, 4.69) is 67.0 Å². The maximum Gasteiger partial charge on any atom is 0.125 e. The quantitative estimate of drug-likeness (QED) is 0.541. The van der Waals surface area contributed by atoms with Crippen LogP contribution in [-0.2, 0) is 6.61 Å². The number of nitrogens with zero attached hydrogens (tertiary/aromatic N) is 1. The molecule has 0 radical (unpaired) electrons. The Hall–Kier alpha value is -1.52. The first-order chi connectivity index (χ1) is 13.2. The first-order valence-electron chi connectivity index (χ1n) is 10.0. The average Bonchev–Trinajstić information content (AvgIpc) is 2.69.